The van der Waals surface area contributed by atoms with Crippen LogP contribution in [0.5, 0.6) is 11.8 Å². The van der Waals surface area contributed by atoms with Gasteiger partial charge in [0.2, 0.25) is 11.8 Å². The average molecular weight is 354 g/mol. The molecular weight excluding hydrogens is 340 g/mol. The van der Waals surface area contributed by atoms with Gasteiger partial charge in [-0.25, -0.2) is 4.79 Å². The molecule has 0 aliphatic rings. The van der Waals surface area contributed by atoms with E-state index in [0.717, 1.165) is 17.5 Å². The number of rotatable bonds is 4. The van der Waals surface area contributed by atoms with Crippen molar-refractivity contribution in [1.29, 1.82) is 0 Å². The number of carbonyl (C=O) groups is 1. The molecule has 0 atom stereocenters. The van der Waals surface area contributed by atoms with Gasteiger partial charge in [0.25, 0.3) is 5.69 Å². The number of fused-ring (bicyclic) bond motifs is 1. The number of nitrogens with zero attached hydrogens (tertiary/aromatic N) is 2. The lowest BCUT2D eigenvalue weighted by Gasteiger charge is -2.07. The first-order valence-electron chi connectivity index (χ1n) is 7.54. The summed E-state index contributed by atoms with van der Waals surface area (Å²) in [4.78, 5) is 27.9. The lowest BCUT2D eigenvalue weighted by atomic mass is 10.0. The topological polar surface area (TPSA) is 115 Å². The first-order chi connectivity index (χ1) is 12.4. The maximum atomic E-state index is 12.2. The fourth-order valence-electron chi connectivity index (χ4n) is 2.46. The predicted molar refractivity (Wildman–Crippen MR) is 93.6 cm³/mol. The number of carbonyl (C=O) groups excluding carboxylic acids is 1. The average Bonchev–Trinajstić information content (AvgIpc) is 2.92. The third-order valence-corrected chi connectivity index (χ3v) is 3.76. The molecule has 0 aliphatic carbocycles. The third kappa shape index (κ3) is 3.20. The summed E-state index contributed by atoms with van der Waals surface area (Å²) in [5.74, 6) is -1.80. The van der Waals surface area contributed by atoms with Gasteiger partial charge in [0.15, 0.2) is 0 Å². The second kappa shape index (κ2) is 6.60. The molecule has 3 rings (SSSR count). The molecule has 0 unspecified atom stereocenters. The van der Waals surface area contributed by atoms with Gasteiger partial charge in [-0.15, -0.1) is 4.73 Å². The molecule has 0 saturated heterocycles. The van der Waals surface area contributed by atoms with Gasteiger partial charge in [-0.05, 0) is 29.8 Å². The molecule has 0 amide bonds. The molecule has 0 aliphatic heterocycles. The monoisotopic (exact) mass is 354 g/mol. The van der Waals surface area contributed by atoms with Gasteiger partial charge in [0.05, 0.1) is 10.5 Å². The minimum atomic E-state index is -0.880. The second-order valence-corrected chi connectivity index (χ2v) is 5.57. The molecule has 3 aromatic rings. The van der Waals surface area contributed by atoms with Gasteiger partial charge >= 0.3 is 5.97 Å². The zero-order valence-corrected chi connectivity index (χ0v) is 13.6. The van der Waals surface area contributed by atoms with Crippen molar-refractivity contribution in [3.05, 3.63) is 69.8 Å². The molecule has 2 N–H and O–H groups in total. The number of aromatic nitrogens is 1. The summed E-state index contributed by atoms with van der Waals surface area (Å²) in [6.45, 7) is 1.42. The minimum absolute atomic E-state index is 0.0517. The normalized spacial score (nSPS) is 11.5. The lowest BCUT2D eigenvalue weighted by Crippen LogP contribution is -2.19. The van der Waals surface area contributed by atoms with Crippen LogP contribution >= 0.6 is 0 Å². The van der Waals surface area contributed by atoms with E-state index in [2.05, 4.69) is 0 Å². The van der Waals surface area contributed by atoms with E-state index in [1.165, 1.54) is 19.1 Å². The van der Waals surface area contributed by atoms with Crippen LogP contribution in [-0.2, 0) is 4.79 Å². The summed E-state index contributed by atoms with van der Waals surface area (Å²) < 4.78 is 0.550. The molecule has 132 valence electrons. The molecule has 0 spiro atoms. The predicted octanol–water partition coefficient (Wildman–Crippen LogP) is 3.02. The number of hydrogen-bond acceptors (Lipinski definition) is 6. The van der Waals surface area contributed by atoms with Crippen molar-refractivity contribution in [2.24, 2.45) is 0 Å². The van der Waals surface area contributed by atoms with Crippen LogP contribution in [0.3, 0.4) is 0 Å². The van der Waals surface area contributed by atoms with E-state index in [1.807, 2.05) is 0 Å². The number of benzene rings is 2. The summed E-state index contributed by atoms with van der Waals surface area (Å²) in [6, 6.07) is 12.5. The van der Waals surface area contributed by atoms with Crippen molar-refractivity contribution in [3.63, 3.8) is 0 Å². The Morgan fingerprint density at radius 3 is 2.27 bits per heavy atom. The maximum absolute atomic E-state index is 12.2. The van der Waals surface area contributed by atoms with Crippen LogP contribution in [0.15, 0.2) is 54.1 Å². The van der Waals surface area contributed by atoms with E-state index in [0.29, 0.717) is 10.1 Å². The standard InChI is InChI=1S/C18H14N2O6/c1-11(18(23)26-19-16(21)6-7-17(19)22)8-14-9-12-4-2-3-5-13(12)10-15(14)20(24)25/h2-10,21-22H,1H3. The summed E-state index contributed by atoms with van der Waals surface area (Å²) in [5.41, 5.74) is 0.141. The quantitative estimate of drug-likeness (QED) is 0.423. The van der Waals surface area contributed by atoms with Gasteiger partial charge < -0.3 is 15.1 Å². The molecular formula is C18H14N2O6. The van der Waals surface area contributed by atoms with Crippen LogP contribution in [-0.4, -0.2) is 25.8 Å². The highest BCUT2D eigenvalue weighted by Gasteiger charge is 2.17. The zero-order chi connectivity index (χ0) is 18.8. The highest BCUT2D eigenvalue weighted by molar-refractivity contribution is 5.96. The van der Waals surface area contributed by atoms with Gasteiger partial charge in [0, 0.05) is 23.8 Å². The summed E-state index contributed by atoms with van der Waals surface area (Å²) in [6.07, 6.45) is 1.32. The van der Waals surface area contributed by atoms with Crippen molar-refractivity contribution in [2.75, 3.05) is 0 Å². The van der Waals surface area contributed by atoms with E-state index in [9.17, 15) is 25.1 Å². The minimum Gasteiger partial charge on any atom is -0.492 e. The van der Waals surface area contributed by atoms with Crippen molar-refractivity contribution >= 4 is 28.5 Å². The highest BCUT2D eigenvalue weighted by Crippen LogP contribution is 2.28. The zero-order valence-electron chi connectivity index (χ0n) is 13.6. The SMILES string of the molecule is CC(=Cc1cc2ccccc2cc1[N+](=O)[O-])C(=O)On1c(O)ccc1O. The van der Waals surface area contributed by atoms with E-state index in [1.54, 1.807) is 30.3 Å². The van der Waals surface area contributed by atoms with E-state index >= 15 is 0 Å². The third-order valence-electron chi connectivity index (χ3n) is 3.76. The number of hydrogen-bond donors (Lipinski definition) is 2. The molecule has 8 heteroatoms. The lowest BCUT2D eigenvalue weighted by molar-refractivity contribution is -0.384. The molecule has 1 aromatic heterocycles. The Morgan fingerprint density at radius 1 is 1.12 bits per heavy atom. The molecule has 8 nitrogen and oxygen atoms in total. The fraction of sp³-hybridized carbons (Fsp3) is 0.0556. The van der Waals surface area contributed by atoms with Gasteiger partial charge in [-0.1, -0.05) is 24.3 Å². The van der Waals surface area contributed by atoms with E-state index in [4.69, 9.17) is 4.84 Å². The summed E-state index contributed by atoms with van der Waals surface area (Å²) in [7, 11) is 0. The summed E-state index contributed by atoms with van der Waals surface area (Å²) >= 11 is 0. The smallest absolute Gasteiger partial charge is 0.359 e. The van der Waals surface area contributed by atoms with Crippen LogP contribution in [0.1, 0.15) is 12.5 Å². The van der Waals surface area contributed by atoms with Gasteiger partial charge in [-0.3, -0.25) is 10.1 Å². The Kier molecular flexibility index (Phi) is 4.32. The van der Waals surface area contributed by atoms with E-state index in [-0.39, 0.29) is 16.8 Å². The Bertz CT molecular complexity index is 1030. The van der Waals surface area contributed by atoms with Gasteiger partial charge in [0.1, 0.15) is 0 Å². The van der Waals surface area contributed by atoms with Crippen molar-refractivity contribution in [3.8, 4) is 11.8 Å². The van der Waals surface area contributed by atoms with Crippen molar-refractivity contribution in [1.82, 2.24) is 4.73 Å². The Balaban J connectivity index is 1.98. The first-order valence-corrected chi connectivity index (χ1v) is 7.54. The van der Waals surface area contributed by atoms with Crippen LogP contribution in [0.2, 0.25) is 0 Å². The molecule has 2 aromatic carbocycles. The first kappa shape index (κ1) is 17.0. The summed E-state index contributed by atoms with van der Waals surface area (Å²) in [5, 5.41) is 31.9. The van der Waals surface area contributed by atoms with Crippen molar-refractivity contribution in [2.45, 2.75) is 6.92 Å². The Labute approximate surface area is 147 Å². The van der Waals surface area contributed by atoms with Crippen molar-refractivity contribution < 1.29 is 24.8 Å². The van der Waals surface area contributed by atoms with Crippen LogP contribution < -0.4 is 4.84 Å². The Morgan fingerprint density at radius 2 is 1.69 bits per heavy atom. The van der Waals surface area contributed by atoms with Crippen LogP contribution in [0, 0.1) is 10.1 Å². The fourth-order valence-corrected chi connectivity index (χ4v) is 2.46. The number of nitro benzene ring substituents is 1. The molecule has 0 fully saturated rings. The highest BCUT2D eigenvalue weighted by atomic mass is 16.7. The largest absolute Gasteiger partial charge is 0.492 e. The van der Waals surface area contributed by atoms with Crippen LogP contribution in [0.4, 0.5) is 5.69 Å². The molecule has 0 radical (unpaired) electrons. The van der Waals surface area contributed by atoms with Gasteiger partial charge in [-0.2, -0.15) is 0 Å². The molecule has 0 saturated carbocycles. The van der Waals surface area contributed by atoms with Crippen LogP contribution in [0.25, 0.3) is 16.8 Å². The second-order valence-electron chi connectivity index (χ2n) is 5.57. The number of aromatic hydroxyl groups is 2. The van der Waals surface area contributed by atoms with E-state index < -0.39 is 22.7 Å². The molecule has 0 bridgehead atoms. The molecule has 26 heavy (non-hydrogen) atoms. The number of nitro groups is 1. The molecule has 1 heterocycles. The Hall–Kier alpha value is -3.81. The maximum Gasteiger partial charge on any atom is 0.359 e.